The molecule has 0 bridgehead atoms. The highest BCUT2D eigenvalue weighted by atomic mass is 32.2. The molecule has 0 spiro atoms. The summed E-state index contributed by atoms with van der Waals surface area (Å²) in [6.45, 7) is 3.77. The van der Waals surface area contributed by atoms with Crippen LogP contribution in [0.15, 0.2) is 0 Å². The lowest BCUT2D eigenvalue weighted by Gasteiger charge is -2.31. The first kappa shape index (κ1) is 17.1. The molecule has 7 heteroatoms. The number of rotatable bonds is 9. The van der Waals surface area contributed by atoms with E-state index in [9.17, 15) is 8.42 Å². The first-order chi connectivity index (χ1) is 9.97. The number of nitrogens with zero attached hydrogens (tertiary/aromatic N) is 2. The topological polar surface area (TPSA) is 64.7 Å². The Morgan fingerprint density at radius 3 is 2.38 bits per heavy atom. The molecule has 1 aliphatic heterocycles. The molecule has 0 unspecified atom stereocenters. The number of piperidine rings is 1. The van der Waals surface area contributed by atoms with Crippen LogP contribution in [-0.4, -0.2) is 70.5 Å². The Hall–Kier alpha value is -0.210. The first-order valence-corrected chi connectivity index (χ1v) is 9.54. The molecule has 2 N–H and O–H groups in total. The standard InChI is InChI=1S/C14H30N4O2S/c1-17(2)9-3-8-16-21(19,20)18-10-6-13(7-11-18)12-15-14-4-5-14/h13-16H,3-12H2,1-2H3. The molecule has 0 aromatic carbocycles. The highest BCUT2D eigenvalue weighted by Gasteiger charge is 2.28. The predicted molar refractivity (Wildman–Crippen MR) is 85.4 cm³/mol. The van der Waals surface area contributed by atoms with E-state index in [0.29, 0.717) is 25.6 Å². The van der Waals surface area contributed by atoms with Crippen LogP contribution in [0.4, 0.5) is 0 Å². The van der Waals surface area contributed by atoms with Gasteiger partial charge in [-0.05, 0) is 65.2 Å². The second kappa shape index (κ2) is 7.87. The molecule has 6 nitrogen and oxygen atoms in total. The minimum Gasteiger partial charge on any atom is -0.314 e. The Kier molecular flexibility index (Phi) is 6.43. The van der Waals surface area contributed by atoms with Gasteiger partial charge in [0, 0.05) is 25.7 Å². The smallest absolute Gasteiger partial charge is 0.279 e. The van der Waals surface area contributed by atoms with Gasteiger partial charge in [0.2, 0.25) is 0 Å². The fourth-order valence-corrected chi connectivity index (χ4v) is 3.94. The lowest BCUT2D eigenvalue weighted by atomic mass is 9.98. The Morgan fingerprint density at radius 2 is 1.81 bits per heavy atom. The van der Waals surface area contributed by atoms with Crippen LogP contribution >= 0.6 is 0 Å². The molecule has 0 atom stereocenters. The van der Waals surface area contributed by atoms with Gasteiger partial charge >= 0.3 is 0 Å². The van der Waals surface area contributed by atoms with Crippen molar-refractivity contribution in [2.75, 3.05) is 46.8 Å². The number of hydrogen-bond donors (Lipinski definition) is 2. The molecular formula is C14H30N4O2S. The van der Waals surface area contributed by atoms with E-state index in [0.717, 1.165) is 38.4 Å². The maximum absolute atomic E-state index is 12.2. The van der Waals surface area contributed by atoms with Gasteiger partial charge in [-0.25, -0.2) is 4.72 Å². The summed E-state index contributed by atoms with van der Waals surface area (Å²) >= 11 is 0. The SMILES string of the molecule is CN(C)CCCNS(=O)(=O)N1CCC(CNC2CC2)CC1. The van der Waals surface area contributed by atoms with Gasteiger partial charge < -0.3 is 10.2 Å². The summed E-state index contributed by atoms with van der Waals surface area (Å²) in [5, 5.41) is 3.54. The molecule has 2 aliphatic rings. The van der Waals surface area contributed by atoms with Gasteiger partial charge in [0.25, 0.3) is 10.2 Å². The van der Waals surface area contributed by atoms with Crippen molar-refractivity contribution >= 4 is 10.2 Å². The van der Waals surface area contributed by atoms with Crippen LogP contribution in [0.1, 0.15) is 32.1 Å². The third-order valence-electron chi connectivity index (χ3n) is 4.25. The normalized spacial score (nSPS) is 22.0. The maximum Gasteiger partial charge on any atom is 0.279 e. The zero-order chi connectivity index (χ0) is 15.3. The van der Waals surface area contributed by atoms with Crippen LogP contribution in [0.25, 0.3) is 0 Å². The van der Waals surface area contributed by atoms with Gasteiger partial charge in [0.1, 0.15) is 0 Å². The highest BCUT2D eigenvalue weighted by molar-refractivity contribution is 7.87. The van der Waals surface area contributed by atoms with Crippen LogP contribution in [-0.2, 0) is 10.2 Å². The molecule has 2 fully saturated rings. The average Bonchev–Trinajstić information content (AvgIpc) is 3.26. The van der Waals surface area contributed by atoms with Gasteiger partial charge in [0.15, 0.2) is 0 Å². The van der Waals surface area contributed by atoms with E-state index < -0.39 is 10.2 Å². The van der Waals surface area contributed by atoms with Crippen molar-refractivity contribution in [3.05, 3.63) is 0 Å². The van der Waals surface area contributed by atoms with Crippen molar-refractivity contribution in [3.63, 3.8) is 0 Å². The van der Waals surface area contributed by atoms with E-state index in [-0.39, 0.29) is 0 Å². The number of hydrogen-bond acceptors (Lipinski definition) is 4. The lowest BCUT2D eigenvalue weighted by molar-refractivity contribution is 0.264. The van der Waals surface area contributed by atoms with Gasteiger partial charge in [-0.2, -0.15) is 12.7 Å². The summed E-state index contributed by atoms with van der Waals surface area (Å²) < 4.78 is 28.7. The monoisotopic (exact) mass is 318 g/mol. The average molecular weight is 318 g/mol. The van der Waals surface area contributed by atoms with Crippen molar-refractivity contribution in [2.45, 2.75) is 38.1 Å². The summed E-state index contributed by atoms with van der Waals surface area (Å²) in [6, 6.07) is 0.741. The van der Waals surface area contributed by atoms with Crippen LogP contribution in [0.5, 0.6) is 0 Å². The molecule has 0 amide bonds. The third kappa shape index (κ3) is 6.20. The summed E-state index contributed by atoms with van der Waals surface area (Å²) in [5.41, 5.74) is 0. The van der Waals surface area contributed by atoms with Gasteiger partial charge in [0.05, 0.1) is 0 Å². The minimum absolute atomic E-state index is 0.518. The molecule has 1 aliphatic carbocycles. The molecule has 1 saturated heterocycles. The van der Waals surface area contributed by atoms with Crippen molar-refractivity contribution in [1.29, 1.82) is 0 Å². The van der Waals surface area contributed by atoms with E-state index >= 15 is 0 Å². The van der Waals surface area contributed by atoms with E-state index in [2.05, 4.69) is 14.9 Å². The Morgan fingerprint density at radius 1 is 1.14 bits per heavy atom. The van der Waals surface area contributed by atoms with E-state index in [1.165, 1.54) is 12.8 Å². The van der Waals surface area contributed by atoms with E-state index in [4.69, 9.17) is 0 Å². The first-order valence-electron chi connectivity index (χ1n) is 8.10. The fourth-order valence-electron chi connectivity index (χ4n) is 2.66. The van der Waals surface area contributed by atoms with Crippen LogP contribution in [0.3, 0.4) is 0 Å². The molecule has 1 heterocycles. The molecule has 1 saturated carbocycles. The zero-order valence-electron chi connectivity index (χ0n) is 13.3. The maximum atomic E-state index is 12.2. The summed E-state index contributed by atoms with van der Waals surface area (Å²) in [5.74, 6) is 0.630. The minimum atomic E-state index is -3.28. The van der Waals surface area contributed by atoms with Crippen LogP contribution in [0, 0.1) is 5.92 Å². The summed E-state index contributed by atoms with van der Waals surface area (Å²) in [7, 11) is 0.711. The molecular weight excluding hydrogens is 288 g/mol. The Labute approximate surface area is 129 Å². The van der Waals surface area contributed by atoms with Crippen LogP contribution < -0.4 is 10.0 Å². The van der Waals surface area contributed by atoms with Gasteiger partial charge in [-0.15, -0.1) is 0 Å². The molecule has 0 radical (unpaired) electrons. The second-order valence-electron chi connectivity index (χ2n) is 6.58. The summed E-state index contributed by atoms with van der Waals surface area (Å²) in [6.07, 6.45) is 5.40. The number of nitrogens with one attached hydrogen (secondary N) is 2. The van der Waals surface area contributed by atoms with Crippen molar-refractivity contribution < 1.29 is 8.42 Å². The molecule has 0 aromatic heterocycles. The fraction of sp³-hybridized carbons (Fsp3) is 1.00. The van der Waals surface area contributed by atoms with E-state index in [1.807, 2.05) is 14.1 Å². The predicted octanol–water partition coefficient (Wildman–Crippen LogP) is 0.237. The Bertz CT molecular complexity index is 401. The van der Waals surface area contributed by atoms with Gasteiger partial charge in [-0.1, -0.05) is 0 Å². The van der Waals surface area contributed by atoms with Crippen molar-refractivity contribution in [2.24, 2.45) is 5.92 Å². The van der Waals surface area contributed by atoms with Crippen molar-refractivity contribution in [1.82, 2.24) is 19.2 Å². The third-order valence-corrected chi connectivity index (χ3v) is 5.87. The second-order valence-corrected chi connectivity index (χ2v) is 8.34. The van der Waals surface area contributed by atoms with Crippen LogP contribution in [0.2, 0.25) is 0 Å². The largest absolute Gasteiger partial charge is 0.314 e. The molecule has 0 aromatic rings. The summed E-state index contributed by atoms with van der Waals surface area (Å²) in [4.78, 5) is 2.06. The molecule has 21 heavy (non-hydrogen) atoms. The van der Waals surface area contributed by atoms with Gasteiger partial charge in [-0.3, -0.25) is 0 Å². The quantitative estimate of drug-likeness (QED) is 0.598. The lowest BCUT2D eigenvalue weighted by Crippen LogP contribution is -2.46. The molecule has 124 valence electrons. The van der Waals surface area contributed by atoms with E-state index in [1.54, 1.807) is 4.31 Å². The Balaban J connectivity index is 1.64. The zero-order valence-corrected chi connectivity index (χ0v) is 14.2. The molecule has 2 rings (SSSR count). The van der Waals surface area contributed by atoms with Crippen molar-refractivity contribution in [3.8, 4) is 0 Å². The highest BCUT2D eigenvalue weighted by Crippen LogP contribution is 2.22.